The number of hydrogen-bond acceptors (Lipinski definition) is 3. The molecule has 0 aromatic heterocycles. The standard InChI is InChI=1S/C14H30N2S/c1-5-8-15-14-7-10-16(9-6-11-17-4)13(3)12(14)2/h12-15H,5-11H2,1-4H3. The second-order valence-electron chi connectivity index (χ2n) is 5.33. The van der Waals surface area contributed by atoms with E-state index in [-0.39, 0.29) is 0 Å². The average molecular weight is 258 g/mol. The molecule has 0 aromatic carbocycles. The van der Waals surface area contributed by atoms with Gasteiger partial charge in [-0.2, -0.15) is 11.8 Å². The number of thioether (sulfide) groups is 1. The van der Waals surface area contributed by atoms with Crippen LogP contribution < -0.4 is 5.32 Å². The lowest BCUT2D eigenvalue weighted by Gasteiger charge is -2.43. The Hall–Kier alpha value is 0.270. The fraction of sp³-hybridized carbons (Fsp3) is 1.00. The second kappa shape index (κ2) is 8.39. The van der Waals surface area contributed by atoms with E-state index < -0.39 is 0 Å². The van der Waals surface area contributed by atoms with Crippen molar-refractivity contribution in [3.8, 4) is 0 Å². The summed E-state index contributed by atoms with van der Waals surface area (Å²) in [4.78, 5) is 2.69. The third-order valence-corrected chi connectivity index (χ3v) is 4.85. The first-order chi connectivity index (χ1) is 8.20. The molecular formula is C14H30N2S. The number of hydrogen-bond donors (Lipinski definition) is 1. The van der Waals surface area contributed by atoms with Crippen molar-refractivity contribution in [2.45, 2.75) is 52.1 Å². The molecule has 0 aliphatic carbocycles. The van der Waals surface area contributed by atoms with Crippen LogP contribution >= 0.6 is 11.8 Å². The molecule has 0 radical (unpaired) electrons. The van der Waals surface area contributed by atoms with Crippen LogP contribution in [-0.4, -0.2) is 48.6 Å². The van der Waals surface area contributed by atoms with E-state index in [2.05, 4.69) is 37.2 Å². The maximum atomic E-state index is 3.71. The molecule has 0 saturated carbocycles. The maximum absolute atomic E-state index is 3.71. The Morgan fingerprint density at radius 1 is 1.35 bits per heavy atom. The van der Waals surface area contributed by atoms with E-state index >= 15 is 0 Å². The zero-order valence-corrected chi connectivity index (χ0v) is 12.9. The van der Waals surface area contributed by atoms with E-state index in [9.17, 15) is 0 Å². The van der Waals surface area contributed by atoms with Crippen molar-refractivity contribution in [2.75, 3.05) is 31.6 Å². The van der Waals surface area contributed by atoms with Gasteiger partial charge >= 0.3 is 0 Å². The third-order valence-electron chi connectivity index (χ3n) is 4.15. The molecule has 1 saturated heterocycles. The minimum absolute atomic E-state index is 0.736. The summed E-state index contributed by atoms with van der Waals surface area (Å²) in [5, 5.41) is 3.71. The van der Waals surface area contributed by atoms with Crippen molar-refractivity contribution >= 4 is 11.8 Å². The Morgan fingerprint density at radius 2 is 2.12 bits per heavy atom. The van der Waals surface area contributed by atoms with Crippen molar-refractivity contribution in [1.29, 1.82) is 0 Å². The van der Waals surface area contributed by atoms with Crippen LogP contribution in [0.1, 0.15) is 40.0 Å². The molecule has 1 N–H and O–H groups in total. The number of piperidine rings is 1. The normalized spacial score (nSPS) is 30.7. The van der Waals surface area contributed by atoms with Gasteiger partial charge in [0, 0.05) is 12.1 Å². The van der Waals surface area contributed by atoms with Gasteiger partial charge in [0.2, 0.25) is 0 Å². The first-order valence-corrected chi connectivity index (χ1v) is 8.56. The highest BCUT2D eigenvalue weighted by molar-refractivity contribution is 7.98. The van der Waals surface area contributed by atoms with Crippen LogP contribution in [0.15, 0.2) is 0 Å². The van der Waals surface area contributed by atoms with Gasteiger partial charge in [0.25, 0.3) is 0 Å². The average Bonchev–Trinajstić information content (AvgIpc) is 2.34. The predicted octanol–water partition coefficient (Wildman–Crippen LogP) is 2.84. The molecular weight excluding hydrogens is 228 g/mol. The number of likely N-dealkylation sites (tertiary alicyclic amines) is 1. The van der Waals surface area contributed by atoms with Gasteiger partial charge in [-0.1, -0.05) is 13.8 Å². The van der Waals surface area contributed by atoms with Crippen LogP contribution in [0, 0.1) is 5.92 Å². The summed E-state index contributed by atoms with van der Waals surface area (Å²) in [6.07, 6.45) is 6.11. The fourth-order valence-electron chi connectivity index (χ4n) is 2.79. The van der Waals surface area contributed by atoms with E-state index in [4.69, 9.17) is 0 Å². The van der Waals surface area contributed by atoms with Gasteiger partial charge in [-0.25, -0.2) is 0 Å². The molecule has 0 aromatic rings. The van der Waals surface area contributed by atoms with Gasteiger partial charge in [-0.05, 0) is 63.7 Å². The molecule has 3 atom stereocenters. The smallest absolute Gasteiger partial charge is 0.0120 e. The maximum Gasteiger partial charge on any atom is 0.0120 e. The van der Waals surface area contributed by atoms with Crippen LogP contribution in [0.2, 0.25) is 0 Å². The lowest BCUT2D eigenvalue weighted by molar-refractivity contribution is 0.0855. The van der Waals surface area contributed by atoms with Crippen LogP contribution in [0.3, 0.4) is 0 Å². The molecule has 1 aliphatic rings. The second-order valence-corrected chi connectivity index (χ2v) is 6.32. The van der Waals surface area contributed by atoms with Crippen molar-refractivity contribution in [3.05, 3.63) is 0 Å². The molecule has 17 heavy (non-hydrogen) atoms. The van der Waals surface area contributed by atoms with Gasteiger partial charge in [-0.3, -0.25) is 0 Å². The van der Waals surface area contributed by atoms with Crippen LogP contribution in [0.25, 0.3) is 0 Å². The number of nitrogens with zero attached hydrogens (tertiary/aromatic N) is 1. The van der Waals surface area contributed by atoms with Gasteiger partial charge in [0.1, 0.15) is 0 Å². The number of rotatable bonds is 7. The first kappa shape index (κ1) is 15.3. The molecule has 1 rings (SSSR count). The topological polar surface area (TPSA) is 15.3 Å². The zero-order valence-electron chi connectivity index (χ0n) is 12.0. The summed E-state index contributed by atoms with van der Waals surface area (Å²) in [7, 11) is 0. The van der Waals surface area contributed by atoms with Gasteiger partial charge in [-0.15, -0.1) is 0 Å². The van der Waals surface area contributed by atoms with Crippen molar-refractivity contribution < 1.29 is 0 Å². The molecule has 3 heteroatoms. The molecule has 0 amide bonds. The van der Waals surface area contributed by atoms with Gasteiger partial charge < -0.3 is 10.2 Å². The summed E-state index contributed by atoms with van der Waals surface area (Å²) in [6, 6.07) is 1.47. The van der Waals surface area contributed by atoms with E-state index in [1.54, 1.807) is 0 Å². The first-order valence-electron chi connectivity index (χ1n) is 7.17. The van der Waals surface area contributed by atoms with E-state index in [0.717, 1.165) is 18.0 Å². The highest BCUT2D eigenvalue weighted by Gasteiger charge is 2.31. The molecule has 1 fully saturated rings. The molecule has 0 bridgehead atoms. The summed E-state index contributed by atoms with van der Waals surface area (Å²) in [5.74, 6) is 2.08. The zero-order chi connectivity index (χ0) is 12.7. The van der Waals surface area contributed by atoms with Crippen LogP contribution in [-0.2, 0) is 0 Å². The lowest BCUT2D eigenvalue weighted by Crippen LogP contribution is -2.53. The summed E-state index contributed by atoms with van der Waals surface area (Å²) >= 11 is 1.96. The molecule has 1 heterocycles. The van der Waals surface area contributed by atoms with Gasteiger partial charge in [0.15, 0.2) is 0 Å². The highest BCUT2D eigenvalue weighted by atomic mass is 32.2. The minimum atomic E-state index is 0.736. The van der Waals surface area contributed by atoms with E-state index in [1.807, 2.05) is 11.8 Å². The fourth-order valence-corrected chi connectivity index (χ4v) is 3.20. The van der Waals surface area contributed by atoms with Crippen molar-refractivity contribution in [1.82, 2.24) is 10.2 Å². The largest absolute Gasteiger partial charge is 0.314 e. The summed E-state index contributed by atoms with van der Waals surface area (Å²) in [5.41, 5.74) is 0. The highest BCUT2D eigenvalue weighted by Crippen LogP contribution is 2.23. The quantitative estimate of drug-likeness (QED) is 0.707. The van der Waals surface area contributed by atoms with E-state index in [1.165, 1.54) is 44.6 Å². The van der Waals surface area contributed by atoms with Crippen LogP contribution in [0.5, 0.6) is 0 Å². The SMILES string of the molecule is CCCNC1CCN(CCCSC)C(C)C1C. The summed E-state index contributed by atoms with van der Waals surface area (Å²) < 4.78 is 0. The Balaban J connectivity index is 2.33. The Kier molecular flexibility index (Phi) is 7.56. The third kappa shape index (κ3) is 4.80. The molecule has 3 unspecified atom stereocenters. The Labute approximate surface area is 112 Å². The lowest BCUT2D eigenvalue weighted by atomic mass is 9.87. The van der Waals surface area contributed by atoms with Crippen LogP contribution in [0.4, 0.5) is 0 Å². The summed E-state index contributed by atoms with van der Waals surface area (Å²) in [6.45, 7) is 10.8. The molecule has 102 valence electrons. The number of nitrogens with one attached hydrogen (secondary N) is 1. The minimum Gasteiger partial charge on any atom is -0.314 e. The predicted molar refractivity (Wildman–Crippen MR) is 79.9 cm³/mol. The van der Waals surface area contributed by atoms with Crippen molar-refractivity contribution in [3.63, 3.8) is 0 Å². The molecule has 1 aliphatic heterocycles. The molecule has 2 nitrogen and oxygen atoms in total. The Bertz CT molecular complexity index is 197. The van der Waals surface area contributed by atoms with E-state index in [0.29, 0.717) is 0 Å². The van der Waals surface area contributed by atoms with Gasteiger partial charge in [0.05, 0.1) is 0 Å². The van der Waals surface area contributed by atoms with Crippen molar-refractivity contribution in [2.24, 2.45) is 5.92 Å². The molecule has 0 spiro atoms. The Morgan fingerprint density at radius 3 is 2.76 bits per heavy atom. The monoisotopic (exact) mass is 258 g/mol.